The van der Waals surface area contributed by atoms with Crippen molar-refractivity contribution in [3.63, 3.8) is 0 Å². The van der Waals surface area contributed by atoms with Crippen molar-refractivity contribution < 1.29 is 4.79 Å². The Labute approximate surface area is 124 Å². The average Bonchev–Trinajstić information content (AvgIpc) is 3.11. The molecule has 1 heterocycles. The van der Waals surface area contributed by atoms with E-state index in [4.69, 9.17) is 0 Å². The van der Waals surface area contributed by atoms with Crippen LogP contribution >= 0.6 is 0 Å². The first kappa shape index (κ1) is 15.8. The lowest BCUT2D eigenvalue weighted by molar-refractivity contribution is -0.129. The number of likely N-dealkylation sites (tertiary alicyclic amines) is 1. The normalized spacial score (nSPS) is 28.4. The molecule has 2 atom stereocenters. The van der Waals surface area contributed by atoms with Crippen LogP contribution in [0.1, 0.15) is 59.8 Å². The second kappa shape index (κ2) is 6.46. The van der Waals surface area contributed by atoms with Gasteiger partial charge in [0, 0.05) is 24.5 Å². The van der Waals surface area contributed by atoms with Crippen LogP contribution < -0.4 is 5.32 Å². The fourth-order valence-corrected chi connectivity index (χ4v) is 3.30. The molecule has 3 nitrogen and oxygen atoms in total. The highest BCUT2D eigenvalue weighted by Crippen LogP contribution is 2.37. The van der Waals surface area contributed by atoms with E-state index in [9.17, 15) is 4.79 Å². The molecule has 0 aromatic heterocycles. The zero-order valence-corrected chi connectivity index (χ0v) is 13.7. The van der Waals surface area contributed by atoms with Gasteiger partial charge in [0.2, 0.25) is 5.91 Å². The number of piperidine rings is 1. The van der Waals surface area contributed by atoms with Crippen LogP contribution in [0.3, 0.4) is 0 Å². The van der Waals surface area contributed by atoms with Gasteiger partial charge in [0.05, 0.1) is 0 Å². The zero-order chi connectivity index (χ0) is 14.8. The van der Waals surface area contributed by atoms with E-state index in [1.165, 1.54) is 45.2 Å². The molecule has 1 aliphatic carbocycles. The Morgan fingerprint density at radius 2 is 1.90 bits per heavy atom. The lowest BCUT2D eigenvalue weighted by atomic mass is 9.88. The van der Waals surface area contributed by atoms with Gasteiger partial charge in [-0.1, -0.05) is 40.5 Å². The first-order valence-corrected chi connectivity index (χ1v) is 8.41. The Morgan fingerprint density at radius 1 is 1.20 bits per heavy atom. The molecule has 1 aliphatic heterocycles. The summed E-state index contributed by atoms with van der Waals surface area (Å²) >= 11 is 0. The maximum Gasteiger partial charge on any atom is 0.225 e. The molecule has 0 spiro atoms. The number of hydrogen-bond donors (Lipinski definition) is 1. The molecule has 20 heavy (non-hydrogen) atoms. The third-order valence-electron chi connectivity index (χ3n) is 4.53. The molecule has 116 valence electrons. The van der Waals surface area contributed by atoms with Crippen LogP contribution in [0.25, 0.3) is 0 Å². The fraction of sp³-hybridized carbons (Fsp3) is 0.941. The molecule has 0 bridgehead atoms. The third kappa shape index (κ3) is 4.76. The molecule has 2 unspecified atom stereocenters. The van der Waals surface area contributed by atoms with Crippen molar-refractivity contribution in [2.75, 3.05) is 19.6 Å². The highest BCUT2D eigenvalue weighted by atomic mass is 16.2. The lowest BCUT2D eigenvalue weighted by Gasteiger charge is -2.39. The first-order valence-electron chi connectivity index (χ1n) is 8.41. The summed E-state index contributed by atoms with van der Waals surface area (Å²) in [4.78, 5) is 14.8. The second-order valence-corrected chi connectivity index (χ2v) is 7.96. The summed E-state index contributed by atoms with van der Waals surface area (Å²) in [6.07, 6.45) is 6.63. The number of carbonyl (C=O) groups excluding carboxylic acids is 1. The van der Waals surface area contributed by atoms with E-state index in [1.54, 1.807) is 0 Å². The van der Waals surface area contributed by atoms with E-state index in [2.05, 4.69) is 17.1 Å². The molecule has 1 saturated carbocycles. The topological polar surface area (TPSA) is 32.3 Å². The largest absolute Gasteiger partial charge is 0.352 e. The van der Waals surface area contributed by atoms with Gasteiger partial charge in [-0.05, 0) is 37.6 Å². The fourth-order valence-electron chi connectivity index (χ4n) is 3.30. The molecule has 0 aromatic rings. The van der Waals surface area contributed by atoms with Gasteiger partial charge in [-0.2, -0.15) is 0 Å². The summed E-state index contributed by atoms with van der Waals surface area (Å²) in [5.74, 6) is 1.97. The van der Waals surface area contributed by atoms with Crippen molar-refractivity contribution in [1.82, 2.24) is 10.2 Å². The van der Waals surface area contributed by atoms with Gasteiger partial charge in [0.1, 0.15) is 0 Å². The second-order valence-electron chi connectivity index (χ2n) is 7.96. The summed E-state index contributed by atoms with van der Waals surface area (Å²) in [5, 5.41) is 3.29. The number of carbonyl (C=O) groups is 1. The minimum atomic E-state index is -0.279. The molecule has 2 aliphatic rings. The number of nitrogens with zero attached hydrogens (tertiary/aromatic N) is 1. The van der Waals surface area contributed by atoms with Crippen molar-refractivity contribution in [3.8, 4) is 0 Å². The lowest BCUT2D eigenvalue weighted by Crippen LogP contribution is -2.53. The van der Waals surface area contributed by atoms with Crippen molar-refractivity contribution in [1.29, 1.82) is 0 Å². The Morgan fingerprint density at radius 3 is 2.45 bits per heavy atom. The van der Waals surface area contributed by atoms with Crippen LogP contribution in [0.2, 0.25) is 0 Å². The predicted molar refractivity (Wildman–Crippen MR) is 83.6 cm³/mol. The van der Waals surface area contributed by atoms with Crippen LogP contribution in [0.4, 0.5) is 0 Å². The Hall–Kier alpha value is -0.570. The summed E-state index contributed by atoms with van der Waals surface area (Å²) in [5.41, 5.74) is -0.279. The van der Waals surface area contributed by atoms with E-state index in [1.807, 2.05) is 20.8 Å². The maximum atomic E-state index is 12.2. The molecule has 1 N–H and O–H groups in total. The predicted octanol–water partition coefficient (Wildman–Crippen LogP) is 3.05. The highest BCUT2D eigenvalue weighted by Gasteiger charge is 2.33. The van der Waals surface area contributed by atoms with Gasteiger partial charge in [0.15, 0.2) is 0 Å². The van der Waals surface area contributed by atoms with E-state index in [0.29, 0.717) is 6.04 Å². The summed E-state index contributed by atoms with van der Waals surface area (Å²) in [6, 6.07) is 0.353. The third-order valence-corrected chi connectivity index (χ3v) is 4.53. The smallest absolute Gasteiger partial charge is 0.225 e. The van der Waals surface area contributed by atoms with Crippen LogP contribution in [-0.2, 0) is 4.79 Å². The molecule has 1 saturated heterocycles. The van der Waals surface area contributed by atoms with Crippen molar-refractivity contribution in [2.45, 2.75) is 65.8 Å². The van der Waals surface area contributed by atoms with E-state index in [0.717, 1.165) is 18.4 Å². The molecular weight excluding hydrogens is 248 g/mol. The first-order chi connectivity index (χ1) is 9.38. The van der Waals surface area contributed by atoms with E-state index < -0.39 is 0 Å². The molecule has 0 aromatic carbocycles. The van der Waals surface area contributed by atoms with Gasteiger partial charge in [-0.15, -0.1) is 0 Å². The number of amides is 1. The Balaban J connectivity index is 1.90. The van der Waals surface area contributed by atoms with E-state index in [-0.39, 0.29) is 11.3 Å². The number of nitrogens with one attached hydrogen (secondary N) is 1. The molecule has 2 fully saturated rings. The SMILES string of the molecule is CCCN1CC(CC2CC2)CC(NC(=O)C(C)(C)C)C1. The van der Waals surface area contributed by atoms with Crippen molar-refractivity contribution in [3.05, 3.63) is 0 Å². The Kier molecular flexibility index (Phi) is 5.11. The maximum absolute atomic E-state index is 12.2. The van der Waals surface area contributed by atoms with E-state index >= 15 is 0 Å². The zero-order valence-electron chi connectivity index (χ0n) is 13.7. The van der Waals surface area contributed by atoms with Gasteiger partial charge in [-0.3, -0.25) is 4.79 Å². The van der Waals surface area contributed by atoms with Gasteiger partial charge in [-0.25, -0.2) is 0 Å². The summed E-state index contributed by atoms with van der Waals surface area (Å²) < 4.78 is 0. The summed E-state index contributed by atoms with van der Waals surface area (Å²) in [7, 11) is 0. The van der Waals surface area contributed by atoms with Crippen LogP contribution in [0.15, 0.2) is 0 Å². The highest BCUT2D eigenvalue weighted by molar-refractivity contribution is 5.81. The van der Waals surface area contributed by atoms with Gasteiger partial charge >= 0.3 is 0 Å². The van der Waals surface area contributed by atoms with Crippen LogP contribution in [-0.4, -0.2) is 36.5 Å². The number of hydrogen-bond acceptors (Lipinski definition) is 2. The minimum Gasteiger partial charge on any atom is -0.352 e. The van der Waals surface area contributed by atoms with Gasteiger partial charge < -0.3 is 10.2 Å². The number of rotatable bonds is 5. The molecule has 3 heteroatoms. The average molecular weight is 280 g/mol. The Bertz CT molecular complexity index is 330. The van der Waals surface area contributed by atoms with Crippen LogP contribution in [0, 0.1) is 17.3 Å². The molecule has 0 radical (unpaired) electrons. The van der Waals surface area contributed by atoms with Crippen molar-refractivity contribution >= 4 is 5.91 Å². The van der Waals surface area contributed by atoms with Gasteiger partial charge in [0.25, 0.3) is 0 Å². The standard InChI is InChI=1S/C17H32N2O/c1-5-8-19-11-14(9-13-6-7-13)10-15(12-19)18-16(20)17(2,3)4/h13-15H,5-12H2,1-4H3,(H,18,20). The monoisotopic (exact) mass is 280 g/mol. The molecule has 2 rings (SSSR count). The minimum absolute atomic E-state index is 0.200. The molecule has 1 amide bonds. The van der Waals surface area contributed by atoms with Crippen molar-refractivity contribution in [2.24, 2.45) is 17.3 Å². The summed E-state index contributed by atoms with van der Waals surface area (Å²) in [6.45, 7) is 11.7. The quantitative estimate of drug-likeness (QED) is 0.839. The molecular formula is C17H32N2O. The van der Waals surface area contributed by atoms with Crippen LogP contribution in [0.5, 0.6) is 0 Å².